The first-order valence-electron chi connectivity index (χ1n) is 10.5. The van der Waals surface area contributed by atoms with E-state index in [0.29, 0.717) is 11.7 Å². The fourth-order valence-corrected chi connectivity index (χ4v) is 5.05. The van der Waals surface area contributed by atoms with Crippen molar-refractivity contribution in [3.05, 3.63) is 81.8 Å². The molecule has 1 aliphatic heterocycles. The summed E-state index contributed by atoms with van der Waals surface area (Å²) in [4.78, 5) is 18.9. The van der Waals surface area contributed by atoms with Crippen LogP contribution in [0.2, 0.25) is 0 Å². The second-order valence-corrected chi connectivity index (χ2v) is 9.00. The molecule has 1 fully saturated rings. The number of carbonyl (C=O) groups excluding carboxylic acids is 1. The summed E-state index contributed by atoms with van der Waals surface area (Å²) in [7, 11) is 0. The van der Waals surface area contributed by atoms with Gasteiger partial charge in [0.1, 0.15) is 6.54 Å². The number of hydrogen-bond acceptors (Lipinski definition) is 4. The third kappa shape index (κ3) is 4.29. The Hall–Kier alpha value is -2.71. The summed E-state index contributed by atoms with van der Waals surface area (Å²) in [5.74, 6) is -0.302. The normalized spacial score (nSPS) is 18.0. The fourth-order valence-electron chi connectivity index (χ4n) is 4.36. The van der Waals surface area contributed by atoms with Crippen LogP contribution in [0.5, 0.6) is 0 Å². The fraction of sp³-hybridized carbons (Fsp3) is 0.292. The number of hydrogen-bond donors (Lipinski definition) is 1. The number of nitrogens with one attached hydrogen (secondary N) is 1. The van der Waals surface area contributed by atoms with Gasteiger partial charge in [0, 0.05) is 27.7 Å². The van der Waals surface area contributed by atoms with E-state index >= 15 is 0 Å². The molecule has 0 saturated carbocycles. The Kier molecular flexibility index (Phi) is 6.62. The molecule has 8 heteroatoms. The maximum absolute atomic E-state index is 12.4. The molecule has 1 aromatic carbocycles. The lowest BCUT2D eigenvalue weighted by Crippen LogP contribution is -2.35. The highest BCUT2D eigenvalue weighted by Gasteiger charge is 2.42. The van der Waals surface area contributed by atoms with Crippen LogP contribution < -0.4 is 5.32 Å². The number of carbonyl (C=O) groups is 1. The van der Waals surface area contributed by atoms with Gasteiger partial charge in [0.2, 0.25) is 0 Å². The van der Waals surface area contributed by atoms with Crippen LogP contribution in [-0.2, 0) is 9.53 Å². The Morgan fingerprint density at radius 2 is 2.03 bits per heavy atom. The number of aryl methyl sites for hydroxylation is 1. The average Bonchev–Trinajstić information content (AvgIpc) is 3.24. The number of benzene rings is 1. The number of esters is 1. The third-order valence-corrected chi connectivity index (χ3v) is 6.50. The minimum absolute atomic E-state index is 0.0776. The van der Waals surface area contributed by atoms with Gasteiger partial charge in [-0.05, 0) is 75.0 Å². The topological polar surface area (TPSA) is 59.4 Å². The molecular weight excluding hydrogens is 488 g/mol. The molecule has 0 unspecified atom stereocenters. The summed E-state index contributed by atoms with van der Waals surface area (Å²) in [5.41, 5.74) is 5.23. The van der Waals surface area contributed by atoms with Crippen molar-refractivity contribution in [2.45, 2.75) is 32.9 Å². The lowest BCUT2D eigenvalue weighted by atomic mass is 9.97. The van der Waals surface area contributed by atoms with Crippen molar-refractivity contribution in [3.63, 3.8) is 0 Å². The number of thiocarbonyl (C=S) groups is 1. The van der Waals surface area contributed by atoms with Crippen molar-refractivity contribution in [3.8, 4) is 5.69 Å². The van der Waals surface area contributed by atoms with Crippen molar-refractivity contribution in [2.75, 3.05) is 13.2 Å². The van der Waals surface area contributed by atoms with E-state index in [9.17, 15) is 4.79 Å². The van der Waals surface area contributed by atoms with Gasteiger partial charge in [-0.2, -0.15) is 0 Å². The first-order valence-corrected chi connectivity index (χ1v) is 11.7. The molecule has 2 aromatic heterocycles. The molecule has 3 aromatic rings. The number of pyridine rings is 1. The molecular formula is C24H25BrN4O2S. The second kappa shape index (κ2) is 9.42. The van der Waals surface area contributed by atoms with Crippen LogP contribution in [-0.4, -0.2) is 38.7 Å². The van der Waals surface area contributed by atoms with E-state index in [-0.39, 0.29) is 24.6 Å². The van der Waals surface area contributed by atoms with Gasteiger partial charge in [-0.15, -0.1) is 0 Å². The van der Waals surface area contributed by atoms with Crippen molar-refractivity contribution in [1.82, 2.24) is 19.8 Å². The molecule has 3 heterocycles. The number of ether oxygens (including phenoxy) is 1. The Balaban J connectivity index is 1.81. The molecule has 0 bridgehead atoms. The lowest BCUT2D eigenvalue weighted by molar-refractivity contribution is -0.143. The zero-order valence-corrected chi connectivity index (χ0v) is 20.6. The zero-order valence-electron chi connectivity index (χ0n) is 18.2. The molecule has 1 aliphatic rings. The lowest BCUT2D eigenvalue weighted by Gasteiger charge is -2.27. The quantitative estimate of drug-likeness (QED) is 0.378. The van der Waals surface area contributed by atoms with Crippen molar-refractivity contribution in [1.29, 1.82) is 0 Å². The van der Waals surface area contributed by atoms with Crippen LogP contribution in [0.1, 0.15) is 41.7 Å². The Bertz CT molecular complexity index is 1150. The molecule has 1 N–H and O–H groups in total. The zero-order chi connectivity index (χ0) is 22.8. The highest BCUT2D eigenvalue weighted by molar-refractivity contribution is 9.10. The van der Waals surface area contributed by atoms with Crippen LogP contribution in [0.3, 0.4) is 0 Å². The second-order valence-electron chi connectivity index (χ2n) is 7.70. The smallest absolute Gasteiger partial charge is 0.325 e. The number of halogens is 1. The van der Waals surface area contributed by atoms with Gasteiger partial charge < -0.3 is 19.5 Å². The van der Waals surface area contributed by atoms with E-state index in [4.69, 9.17) is 17.0 Å². The first-order chi connectivity index (χ1) is 15.4. The van der Waals surface area contributed by atoms with Gasteiger partial charge in [-0.3, -0.25) is 9.78 Å². The van der Waals surface area contributed by atoms with E-state index < -0.39 is 0 Å². The van der Waals surface area contributed by atoms with E-state index in [1.807, 2.05) is 35.2 Å². The summed E-state index contributed by atoms with van der Waals surface area (Å²) in [5, 5.41) is 3.91. The van der Waals surface area contributed by atoms with E-state index in [0.717, 1.165) is 32.8 Å². The van der Waals surface area contributed by atoms with Crippen LogP contribution in [0, 0.1) is 13.8 Å². The Morgan fingerprint density at radius 1 is 1.22 bits per heavy atom. The third-order valence-electron chi connectivity index (χ3n) is 5.66. The highest BCUT2D eigenvalue weighted by atomic mass is 79.9. The van der Waals surface area contributed by atoms with E-state index in [2.05, 4.69) is 62.8 Å². The number of nitrogens with zero attached hydrogens (tertiary/aromatic N) is 3. The molecule has 32 heavy (non-hydrogen) atoms. The summed E-state index contributed by atoms with van der Waals surface area (Å²) in [6, 6.07) is 15.8. The standard InChI is InChI=1S/C24H25BrN4O2S/c1-4-31-21(30)14-28-23(22(27-24(28)32)20-10-5-6-11-26-20)19-12-15(2)29(16(19)3)18-9-7-8-17(25)13-18/h5-13,22-23H,4,14H2,1-3H3,(H,27,32)/t22-,23+/m1/s1. The van der Waals surface area contributed by atoms with Crippen LogP contribution in [0.15, 0.2) is 59.2 Å². The molecule has 4 rings (SSSR count). The summed E-state index contributed by atoms with van der Waals surface area (Å²) in [6.45, 7) is 6.40. The summed E-state index contributed by atoms with van der Waals surface area (Å²) < 4.78 is 8.46. The molecule has 0 spiro atoms. The molecule has 6 nitrogen and oxygen atoms in total. The minimum Gasteiger partial charge on any atom is -0.465 e. The molecule has 0 aliphatic carbocycles. The summed E-state index contributed by atoms with van der Waals surface area (Å²) in [6.07, 6.45) is 1.77. The van der Waals surface area contributed by atoms with Gasteiger partial charge in [0.15, 0.2) is 5.11 Å². The molecule has 0 amide bonds. The van der Waals surface area contributed by atoms with Gasteiger partial charge in [0.25, 0.3) is 0 Å². The van der Waals surface area contributed by atoms with Gasteiger partial charge in [-0.25, -0.2) is 0 Å². The van der Waals surface area contributed by atoms with Crippen LogP contribution in [0.25, 0.3) is 5.69 Å². The highest BCUT2D eigenvalue weighted by Crippen LogP contribution is 2.41. The Labute approximate surface area is 201 Å². The maximum Gasteiger partial charge on any atom is 0.325 e. The van der Waals surface area contributed by atoms with Crippen LogP contribution in [0.4, 0.5) is 0 Å². The monoisotopic (exact) mass is 512 g/mol. The Morgan fingerprint density at radius 3 is 2.72 bits per heavy atom. The van der Waals surface area contributed by atoms with Crippen molar-refractivity contribution in [2.24, 2.45) is 0 Å². The van der Waals surface area contributed by atoms with Crippen LogP contribution >= 0.6 is 28.1 Å². The van der Waals surface area contributed by atoms with Crippen molar-refractivity contribution < 1.29 is 9.53 Å². The number of rotatable bonds is 6. The predicted molar refractivity (Wildman–Crippen MR) is 132 cm³/mol. The van der Waals surface area contributed by atoms with E-state index in [1.165, 1.54) is 0 Å². The SMILES string of the molecule is CCOC(=O)CN1C(=S)N[C@H](c2ccccn2)[C@@H]1c1cc(C)n(-c2cccc(Br)c2)c1C. The largest absolute Gasteiger partial charge is 0.465 e. The first kappa shape index (κ1) is 22.5. The minimum atomic E-state index is -0.302. The molecule has 166 valence electrons. The maximum atomic E-state index is 12.4. The van der Waals surface area contributed by atoms with Gasteiger partial charge in [-0.1, -0.05) is 28.1 Å². The predicted octanol–water partition coefficient (Wildman–Crippen LogP) is 4.79. The molecule has 0 radical (unpaired) electrons. The van der Waals surface area contributed by atoms with E-state index in [1.54, 1.807) is 13.1 Å². The summed E-state index contributed by atoms with van der Waals surface area (Å²) >= 11 is 9.23. The van der Waals surface area contributed by atoms with Gasteiger partial charge in [0.05, 0.1) is 24.4 Å². The molecule has 1 saturated heterocycles. The van der Waals surface area contributed by atoms with Gasteiger partial charge >= 0.3 is 5.97 Å². The average molecular weight is 513 g/mol. The van der Waals surface area contributed by atoms with Crippen molar-refractivity contribution >= 4 is 39.2 Å². The number of aromatic nitrogens is 2. The molecule has 2 atom stereocenters.